The summed E-state index contributed by atoms with van der Waals surface area (Å²) < 4.78 is 12.5. The first kappa shape index (κ1) is 21.7. The third-order valence-electron chi connectivity index (χ3n) is 6.60. The molecule has 0 amide bonds. The maximum Gasteiger partial charge on any atom is 0.494 e. The van der Waals surface area contributed by atoms with Gasteiger partial charge < -0.3 is 9.31 Å². The molecule has 1 fully saturated rings. The molecule has 1 aliphatic heterocycles. The highest BCUT2D eigenvalue weighted by Crippen LogP contribution is 2.31. The minimum Gasteiger partial charge on any atom is -0.402 e. The van der Waals surface area contributed by atoms with Crippen molar-refractivity contribution in [3.63, 3.8) is 0 Å². The molecule has 2 aliphatic rings. The standard InChI is InChI=1S/C30H29BO2/c1-22-30(2,3)33-31(32-22)29-20-27(24-13-9-6-10-14-24)19-28(21-29)26-17-15-25(16-18-26)23-11-7-4-5-8-12-23/h4-7,9-22H,8H2,1-3H3. The van der Waals surface area contributed by atoms with E-state index in [2.05, 4.69) is 118 Å². The van der Waals surface area contributed by atoms with E-state index in [-0.39, 0.29) is 18.8 Å². The van der Waals surface area contributed by atoms with Gasteiger partial charge in [0, 0.05) is 0 Å². The van der Waals surface area contributed by atoms with E-state index in [9.17, 15) is 0 Å². The minimum atomic E-state index is -0.370. The van der Waals surface area contributed by atoms with E-state index >= 15 is 0 Å². The second-order valence-corrected chi connectivity index (χ2v) is 9.30. The van der Waals surface area contributed by atoms with E-state index in [4.69, 9.17) is 9.31 Å². The van der Waals surface area contributed by atoms with Crippen molar-refractivity contribution in [3.8, 4) is 22.3 Å². The first-order valence-electron chi connectivity index (χ1n) is 11.7. The van der Waals surface area contributed by atoms with Crippen LogP contribution >= 0.6 is 0 Å². The molecule has 1 atom stereocenters. The summed E-state index contributed by atoms with van der Waals surface area (Å²) in [5.74, 6) is 0. The van der Waals surface area contributed by atoms with Crippen LogP contribution in [0.5, 0.6) is 0 Å². The van der Waals surface area contributed by atoms with Gasteiger partial charge in [-0.1, -0.05) is 97.1 Å². The summed E-state index contributed by atoms with van der Waals surface area (Å²) in [5.41, 5.74) is 7.91. The fourth-order valence-corrected chi connectivity index (χ4v) is 4.30. The van der Waals surface area contributed by atoms with Crippen molar-refractivity contribution in [2.45, 2.75) is 38.9 Å². The van der Waals surface area contributed by atoms with Gasteiger partial charge in [-0.15, -0.1) is 0 Å². The Morgan fingerprint density at radius 2 is 1.45 bits per heavy atom. The second kappa shape index (κ2) is 9.01. The van der Waals surface area contributed by atoms with Crippen LogP contribution < -0.4 is 5.46 Å². The number of rotatable bonds is 4. The Kier molecular flexibility index (Phi) is 5.93. The third kappa shape index (κ3) is 4.66. The molecule has 3 heteroatoms. The average Bonchev–Trinajstić information content (AvgIpc) is 3.01. The zero-order valence-corrected chi connectivity index (χ0v) is 19.5. The largest absolute Gasteiger partial charge is 0.494 e. The van der Waals surface area contributed by atoms with Gasteiger partial charge in [-0.3, -0.25) is 0 Å². The smallest absolute Gasteiger partial charge is 0.402 e. The summed E-state index contributed by atoms with van der Waals surface area (Å²) in [7, 11) is -0.370. The normalized spacial score (nSPS) is 19.4. The summed E-state index contributed by atoms with van der Waals surface area (Å²) >= 11 is 0. The zero-order valence-electron chi connectivity index (χ0n) is 19.5. The van der Waals surface area contributed by atoms with Crippen LogP contribution in [0, 0.1) is 0 Å². The van der Waals surface area contributed by atoms with Crippen LogP contribution in [0.1, 0.15) is 32.8 Å². The molecule has 1 heterocycles. The van der Waals surface area contributed by atoms with Crippen molar-refractivity contribution in [2.75, 3.05) is 0 Å². The van der Waals surface area contributed by atoms with Gasteiger partial charge in [0.1, 0.15) is 0 Å². The van der Waals surface area contributed by atoms with E-state index in [0.29, 0.717) is 0 Å². The average molecular weight is 432 g/mol. The Hall–Kier alpha value is -3.14. The molecule has 0 N–H and O–H groups in total. The van der Waals surface area contributed by atoms with Crippen LogP contribution in [0.3, 0.4) is 0 Å². The molecule has 3 aromatic rings. The Morgan fingerprint density at radius 3 is 2.12 bits per heavy atom. The van der Waals surface area contributed by atoms with Crippen LogP contribution in [-0.2, 0) is 9.31 Å². The van der Waals surface area contributed by atoms with Crippen molar-refractivity contribution >= 4 is 18.2 Å². The number of benzene rings is 3. The van der Waals surface area contributed by atoms with Crippen LogP contribution in [0.4, 0.5) is 0 Å². The molecule has 0 aromatic heterocycles. The maximum atomic E-state index is 6.30. The van der Waals surface area contributed by atoms with Crippen molar-refractivity contribution in [2.24, 2.45) is 0 Å². The van der Waals surface area contributed by atoms with Gasteiger partial charge in [0.2, 0.25) is 0 Å². The molecule has 33 heavy (non-hydrogen) atoms. The van der Waals surface area contributed by atoms with Gasteiger partial charge in [0.25, 0.3) is 0 Å². The molecule has 1 unspecified atom stereocenters. The second-order valence-electron chi connectivity index (χ2n) is 9.30. The van der Waals surface area contributed by atoms with Gasteiger partial charge in [-0.25, -0.2) is 0 Å². The van der Waals surface area contributed by atoms with Crippen molar-refractivity contribution in [3.05, 3.63) is 109 Å². The van der Waals surface area contributed by atoms with Crippen molar-refractivity contribution in [1.29, 1.82) is 0 Å². The Balaban J connectivity index is 1.53. The molecule has 1 aliphatic carbocycles. The van der Waals surface area contributed by atoms with E-state index < -0.39 is 0 Å². The summed E-state index contributed by atoms with van der Waals surface area (Å²) in [5, 5.41) is 0. The van der Waals surface area contributed by atoms with E-state index in [1.54, 1.807) is 0 Å². The molecule has 164 valence electrons. The lowest BCUT2D eigenvalue weighted by Gasteiger charge is -2.21. The molecular weight excluding hydrogens is 403 g/mol. The molecule has 1 saturated heterocycles. The quantitative estimate of drug-likeness (QED) is 0.421. The van der Waals surface area contributed by atoms with Gasteiger partial charge in [0.15, 0.2) is 0 Å². The third-order valence-corrected chi connectivity index (χ3v) is 6.60. The SMILES string of the molecule is CC1OB(c2cc(-c3ccccc3)cc(-c3ccc(C4=CCC=CC=C4)cc3)c2)OC1(C)C. The predicted octanol–water partition coefficient (Wildman–Crippen LogP) is 6.83. The highest BCUT2D eigenvalue weighted by Gasteiger charge is 2.44. The molecule has 3 aromatic carbocycles. The summed E-state index contributed by atoms with van der Waals surface area (Å²) in [6.07, 6.45) is 11.8. The lowest BCUT2D eigenvalue weighted by molar-refractivity contribution is 0.0842. The molecule has 0 spiro atoms. The van der Waals surface area contributed by atoms with Gasteiger partial charge in [0.05, 0.1) is 11.7 Å². The Morgan fingerprint density at radius 1 is 0.788 bits per heavy atom. The van der Waals surface area contributed by atoms with Crippen LogP contribution in [0.15, 0.2) is 103 Å². The number of hydrogen-bond donors (Lipinski definition) is 0. The maximum absolute atomic E-state index is 6.30. The molecular formula is C30H29BO2. The monoisotopic (exact) mass is 432 g/mol. The lowest BCUT2D eigenvalue weighted by atomic mass is 9.76. The lowest BCUT2D eigenvalue weighted by Crippen LogP contribution is -2.35. The minimum absolute atomic E-state index is 0.0287. The van der Waals surface area contributed by atoms with Gasteiger partial charge in [-0.2, -0.15) is 0 Å². The Labute approximate surface area is 197 Å². The number of hydrogen-bond acceptors (Lipinski definition) is 2. The topological polar surface area (TPSA) is 18.5 Å². The fraction of sp³-hybridized carbons (Fsp3) is 0.200. The highest BCUT2D eigenvalue weighted by molar-refractivity contribution is 6.62. The van der Waals surface area contributed by atoms with Crippen molar-refractivity contribution < 1.29 is 9.31 Å². The zero-order chi connectivity index (χ0) is 22.8. The predicted molar refractivity (Wildman–Crippen MR) is 139 cm³/mol. The molecule has 0 radical (unpaired) electrons. The Bertz CT molecular complexity index is 1220. The van der Waals surface area contributed by atoms with E-state index in [1.807, 2.05) is 6.07 Å². The molecule has 5 rings (SSSR count). The van der Waals surface area contributed by atoms with Gasteiger partial charge in [-0.05, 0) is 72.1 Å². The summed E-state index contributed by atoms with van der Waals surface area (Å²) in [6, 6.07) is 26.0. The molecule has 2 nitrogen and oxygen atoms in total. The van der Waals surface area contributed by atoms with E-state index in [0.717, 1.165) is 23.0 Å². The fourth-order valence-electron chi connectivity index (χ4n) is 4.30. The van der Waals surface area contributed by atoms with E-state index in [1.165, 1.54) is 22.3 Å². The first-order chi connectivity index (χ1) is 16.0. The summed E-state index contributed by atoms with van der Waals surface area (Å²) in [4.78, 5) is 0. The van der Waals surface area contributed by atoms with Crippen LogP contribution in [0.2, 0.25) is 0 Å². The van der Waals surface area contributed by atoms with Gasteiger partial charge >= 0.3 is 7.12 Å². The van der Waals surface area contributed by atoms with Crippen molar-refractivity contribution in [1.82, 2.24) is 0 Å². The summed E-state index contributed by atoms with van der Waals surface area (Å²) in [6.45, 7) is 6.25. The first-order valence-corrected chi connectivity index (χ1v) is 11.7. The molecule has 0 bridgehead atoms. The van der Waals surface area contributed by atoms with Crippen LogP contribution in [0.25, 0.3) is 27.8 Å². The molecule has 0 saturated carbocycles. The number of allylic oxidation sites excluding steroid dienone is 6. The van der Waals surface area contributed by atoms with Crippen LogP contribution in [-0.4, -0.2) is 18.8 Å². The highest BCUT2D eigenvalue weighted by atomic mass is 16.7.